The number of methoxy groups -OCH3 is 1. The van der Waals surface area contributed by atoms with Crippen molar-refractivity contribution < 1.29 is 19.4 Å². The minimum absolute atomic E-state index is 0.00533. The molecule has 0 aliphatic carbocycles. The van der Waals surface area contributed by atoms with Gasteiger partial charge in [-0.15, -0.1) is 0 Å². The van der Waals surface area contributed by atoms with Crippen molar-refractivity contribution in [3.05, 3.63) is 47.0 Å². The molecule has 1 heterocycles. The zero-order chi connectivity index (χ0) is 22.1. The van der Waals surface area contributed by atoms with Gasteiger partial charge >= 0.3 is 5.97 Å². The summed E-state index contributed by atoms with van der Waals surface area (Å²) in [5, 5.41) is 9.58. The molecule has 0 saturated carbocycles. The van der Waals surface area contributed by atoms with E-state index in [2.05, 4.69) is 51.1 Å². The van der Waals surface area contributed by atoms with Crippen LogP contribution in [0.4, 0.5) is 0 Å². The highest BCUT2D eigenvalue weighted by Crippen LogP contribution is 2.32. The topological polar surface area (TPSA) is 55.8 Å². The van der Waals surface area contributed by atoms with E-state index >= 15 is 0 Å². The fraction of sp³-hybridized carbons (Fsp3) is 0.654. The second kappa shape index (κ2) is 11.7. The molecule has 1 aliphatic heterocycles. The van der Waals surface area contributed by atoms with Crippen molar-refractivity contribution in [1.29, 1.82) is 0 Å². The monoisotopic (exact) mass is 416 g/mol. The van der Waals surface area contributed by atoms with Crippen molar-refractivity contribution in [2.75, 3.05) is 13.7 Å². The van der Waals surface area contributed by atoms with Gasteiger partial charge in [-0.3, -0.25) is 4.79 Å². The standard InChI is InChI=1S/C26H40O4/c1-6-20(18-27)15-19(2)24-17-23(29-5)13-14-26(3,4)22-11-7-9-21(16-22)10-8-12-25(28)30-24/h7,9,11,15-16,20,23-24,27H,6,8,10,12-14,17-18H2,1-5H3/b19-15-/t20?,23?,24-/m0/s1. The summed E-state index contributed by atoms with van der Waals surface area (Å²) >= 11 is 0. The van der Waals surface area contributed by atoms with Gasteiger partial charge in [-0.05, 0) is 61.1 Å². The Morgan fingerprint density at radius 3 is 2.80 bits per heavy atom. The van der Waals surface area contributed by atoms with Crippen LogP contribution in [0.1, 0.15) is 77.3 Å². The van der Waals surface area contributed by atoms with E-state index in [-0.39, 0.29) is 36.1 Å². The molecule has 0 fully saturated rings. The van der Waals surface area contributed by atoms with Crippen LogP contribution in [0.5, 0.6) is 0 Å². The number of ether oxygens (including phenoxy) is 2. The van der Waals surface area contributed by atoms with Gasteiger partial charge in [0, 0.05) is 32.5 Å². The summed E-state index contributed by atoms with van der Waals surface area (Å²) in [5.41, 5.74) is 3.67. The van der Waals surface area contributed by atoms with E-state index in [0.29, 0.717) is 12.8 Å². The Hall–Kier alpha value is -1.65. The highest BCUT2D eigenvalue weighted by molar-refractivity contribution is 5.69. The second-order valence-electron chi connectivity index (χ2n) is 9.31. The van der Waals surface area contributed by atoms with Gasteiger partial charge in [-0.25, -0.2) is 0 Å². The Balaban J connectivity index is 2.27. The predicted molar refractivity (Wildman–Crippen MR) is 122 cm³/mol. The van der Waals surface area contributed by atoms with Gasteiger partial charge in [0.2, 0.25) is 0 Å². The first-order chi connectivity index (χ1) is 14.3. The zero-order valence-corrected chi connectivity index (χ0v) is 19.4. The highest BCUT2D eigenvalue weighted by Gasteiger charge is 2.27. The summed E-state index contributed by atoms with van der Waals surface area (Å²) in [4.78, 5) is 12.6. The average Bonchev–Trinajstić information content (AvgIpc) is 2.73. The van der Waals surface area contributed by atoms with Crippen LogP contribution in [0.3, 0.4) is 0 Å². The third-order valence-corrected chi connectivity index (χ3v) is 6.50. The lowest BCUT2D eigenvalue weighted by atomic mass is 9.78. The van der Waals surface area contributed by atoms with E-state index < -0.39 is 0 Å². The molecule has 1 aromatic rings. The summed E-state index contributed by atoms with van der Waals surface area (Å²) in [6.45, 7) is 8.74. The number of hydrogen-bond acceptors (Lipinski definition) is 4. The van der Waals surface area contributed by atoms with Crippen LogP contribution in [-0.4, -0.2) is 37.0 Å². The summed E-state index contributed by atoms with van der Waals surface area (Å²) in [6, 6.07) is 8.76. The summed E-state index contributed by atoms with van der Waals surface area (Å²) < 4.78 is 11.7. The van der Waals surface area contributed by atoms with Gasteiger partial charge in [0.05, 0.1) is 6.10 Å². The van der Waals surface area contributed by atoms with Crippen LogP contribution in [-0.2, 0) is 26.1 Å². The number of cyclic esters (lactones) is 1. The van der Waals surface area contributed by atoms with Crippen LogP contribution in [0, 0.1) is 5.92 Å². The molecule has 30 heavy (non-hydrogen) atoms. The summed E-state index contributed by atoms with van der Waals surface area (Å²) in [7, 11) is 1.74. The fourth-order valence-corrected chi connectivity index (χ4v) is 4.14. The van der Waals surface area contributed by atoms with Gasteiger partial charge in [0.15, 0.2) is 0 Å². The van der Waals surface area contributed by atoms with Crippen molar-refractivity contribution in [1.82, 2.24) is 0 Å². The maximum atomic E-state index is 12.6. The molecule has 0 saturated heterocycles. The third-order valence-electron chi connectivity index (χ3n) is 6.50. The van der Waals surface area contributed by atoms with Crippen molar-refractivity contribution in [3.63, 3.8) is 0 Å². The van der Waals surface area contributed by atoms with Gasteiger partial charge in [0.25, 0.3) is 0 Å². The first kappa shape index (κ1) is 24.6. The van der Waals surface area contributed by atoms with E-state index in [1.165, 1.54) is 11.1 Å². The van der Waals surface area contributed by atoms with Crippen LogP contribution < -0.4 is 0 Å². The Morgan fingerprint density at radius 2 is 2.13 bits per heavy atom. The smallest absolute Gasteiger partial charge is 0.306 e. The molecular weight excluding hydrogens is 376 g/mol. The minimum Gasteiger partial charge on any atom is -0.458 e. The SMILES string of the molecule is CCC(/C=C(/C)[C@@H]1CC(OC)CCC(C)(C)c2cccc(c2)CCCC(=O)O1)CO. The third kappa shape index (κ3) is 7.24. The maximum Gasteiger partial charge on any atom is 0.306 e. The molecule has 2 rings (SSSR count). The van der Waals surface area contributed by atoms with Crippen molar-refractivity contribution in [2.24, 2.45) is 5.92 Å². The number of benzene rings is 1. The molecule has 3 atom stereocenters. The molecule has 4 nitrogen and oxygen atoms in total. The van der Waals surface area contributed by atoms with E-state index in [9.17, 15) is 9.90 Å². The second-order valence-corrected chi connectivity index (χ2v) is 9.31. The lowest BCUT2D eigenvalue weighted by Gasteiger charge is -2.30. The molecule has 1 N–H and O–H groups in total. The highest BCUT2D eigenvalue weighted by atomic mass is 16.5. The summed E-state index contributed by atoms with van der Waals surface area (Å²) in [6.07, 6.45) is 7.20. The van der Waals surface area contributed by atoms with Crippen LogP contribution in [0.25, 0.3) is 0 Å². The van der Waals surface area contributed by atoms with Crippen LogP contribution in [0.2, 0.25) is 0 Å². The quantitative estimate of drug-likeness (QED) is 0.518. The molecule has 1 aliphatic rings. The molecule has 0 aromatic heterocycles. The molecule has 0 amide bonds. The molecule has 168 valence electrons. The minimum atomic E-state index is -0.313. The Morgan fingerprint density at radius 1 is 1.37 bits per heavy atom. The molecule has 4 heteroatoms. The Labute approximate surface area is 182 Å². The molecular formula is C26H40O4. The van der Waals surface area contributed by atoms with E-state index in [1.807, 2.05) is 6.92 Å². The largest absolute Gasteiger partial charge is 0.458 e. The van der Waals surface area contributed by atoms with E-state index in [1.54, 1.807) is 7.11 Å². The molecule has 2 bridgehead atoms. The Kier molecular flexibility index (Phi) is 9.57. The van der Waals surface area contributed by atoms with Crippen LogP contribution >= 0.6 is 0 Å². The molecule has 1 aromatic carbocycles. The number of carbonyl (C=O) groups is 1. The number of fused-ring (bicyclic) bond motifs is 2. The summed E-state index contributed by atoms with van der Waals surface area (Å²) in [5.74, 6) is -0.0741. The lowest BCUT2D eigenvalue weighted by Crippen LogP contribution is -2.28. The zero-order valence-electron chi connectivity index (χ0n) is 19.4. The van der Waals surface area contributed by atoms with Gasteiger partial charge < -0.3 is 14.6 Å². The van der Waals surface area contributed by atoms with E-state index in [0.717, 1.165) is 37.7 Å². The average molecular weight is 417 g/mol. The van der Waals surface area contributed by atoms with Crippen molar-refractivity contribution in [2.45, 2.75) is 90.3 Å². The molecule has 0 radical (unpaired) electrons. The fourth-order valence-electron chi connectivity index (χ4n) is 4.14. The van der Waals surface area contributed by atoms with Gasteiger partial charge in [-0.1, -0.05) is 51.1 Å². The first-order valence-electron chi connectivity index (χ1n) is 11.4. The lowest BCUT2D eigenvalue weighted by molar-refractivity contribution is -0.149. The number of hydrogen-bond donors (Lipinski definition) is 1. The molecule has 2 unspecified atom stereocenters. The first-order valence-corrected chi connectivity index (χ1v) is 11.4. The molecule has 0 spiro atoms. The number of rotatable bonds is 5. The van der Waals surface area contributed by atoms with Gasteiger partial charge in [-0.2, -0.15) is 0 Å². The maximum absolute atomic E-state index is 12.6. The van der Waals surface area contributed by atoms with Crippen molar-refractivity contribution >= 4 is 5.97 Å². The number of aryl methyl sites for hydroxylation is 1. The predicted octanol–water partition coefficient (Wildman–Crippen LogP) is 5.36. The Bertz CT molecular complexity index is 703. The normalized spacial score (nSPS) is 24.6. The van der Waals surface area contributed by atoms with Crippen molar-refractivity contribution in [3.8, 4) is 0 Å². The number of esters is 1. The number of carbonyl (C=O) groups excluding carboxylic acids is 1. The number of aliphatic hydroxyl groups excluding tert-OH is 1. The number of aliphatic hydroxyl groups is 1. The van der Waals surface area contributed by atoms with Crippen LogP contribution in [0.15, 0.2) is 35.9 Å². The van der Waals surface area contributed by atoms with E-state index in [4.69, 9.17) is 9.47 Å². The van der Waals surface area contributed by atoms with Gasteiger partial charge in [0.1, 0.15) is 6.10 Å².